The van der Waals surface area contributed by atoms with Crippen molar-refractivity contribution in [3.63, 3.8) is 0 Å². The van der Waals surface area contributed by atoms with Gasteiger partial charge in [-0.1, -0.05) is 24.3 Å². The number of aliphatic hydroxyl groups is 1. The molecule has 1 atom stereocenters. The molecule has 2 fully saturated rings. The quantitative estimate of drug-likeness (QED) is 0.303. The summed E-state index contributed by atoms with van der Waals surface area (Å²) in [6, 6.07) is 14.3. The zero-order valence-electron chi connectivity index (χ0n) is 24.9. The van der Waals surface area contributed by atoms with Crippen LogP contribution in [0, 0.1) is 20.8 Å². The molecule has 0 aliphatic carbocycles. The number of para-hydroxylation sites is 1. The number of rotatable bonds is 8. The molecule has 0 radical (unpaired) electrons. The summed E-state index contributed by atoms with van der Waals surface area (Å²) < 4.78 is 0. The second-order valence-electron chi connectivity index (χ2n) is 12.1. The lowest BCUT2D eigenvalue weighted by Crippen LogP contribution is -2.40. The van der Waals surface area contributed by atoms with E-state index in [1.807, 2.05) is 28.9 Å². The van der Waals surface area contributed by atoms with Gasteiger partial charge in [-0.05, 0) is 75.8 Å². The summed E-state index contributed by atoms with van der Waals surface area (Å²) in [5.41, 5.74) is 6.76. The Hall–Kier alpha value is -3.91. The second kappa shape index (κ2) is 11.8. The van der Waals surface area contributed by atoms with Crippen LogP contribution in [0.15, 0.2) is 42.5 Å². The van der Waals surface area contributed by atoms with Gasteiger partial charge < -0.3 is 24.8 Å². The van der Waals surface area contributed by atoms with Crippen LogP contribution in [0.3, 0.4) is 0 Å². The molecule has 2 aliphatic heterocycles. The van der Waals surface area contributed by atoms with E-state index < -0.39 is 6.10 Å². The van der Waals surface area contributed by atoms with Gasteiger partial charge in [-0.2, -0.15) is 0 Å². The Morgan fingerprint density at radius 2 is 1.98 bits per heavy atom. The van der Waals surface area contributed by atoms with Crippen molar-refractivity contribution in [2.75, 3.05) is 37.6 Å². The van der Waals surface area contributed by atoms with Gasteiger partial charge in [0.1, 0.15) is 5.82 Å². The number of carbonyl (C=O) groups is 2. The average Bonchev–Trinajstić information content (AvgIpc) is 3.52. The van der Waals surface area contributed by atoms with Crippen LogP contribution >= 0.6 is 0 Å². The van der Waals surface area contributed by atoms with Gasteiger partial charge >= 0.3 is 0 Å². The lowest BCUT2D eigenvalue weighted by molar-refractivity contribution is -0.127. The lowest BCUT2D eigenvalue weighted by atomic mass is 10.0. The number of anilines is 1. The number of pyridine rings is 1. The molecule has 0 saturated carbocycles. The van der Waals surface area contributed by atoms with Crippen LogP contribution in [0.1, 0.15) is 64.8 Å². The number of hydrogen-bond acceptors (Lipinski definition) is 5. The number of aliphatic hydroxyl groups excluding tert-OH is 1. The maximum absolute atomic E-state index is 14.4. The molecule has 42 heavy (non-hydrogen) atoms. The number of fused-ring (bicyclic) bond motifs is 2. The summed E-state index contributed by atoms with van der Waals surface area (Å²) in [6.07, 6.45) is 3.51. The summed E-state index contributed by atoms with van der Waals surface area (Å²) in [5, 5.41) is 12.6. The van der Waals surface area contributed by atoms with Crippen molar-refractivity contribution in [2.24, 2.45) is 0 Å². The number of H-pyrrole nitrogens is 1. The second-order valence-corrected chi connectivity index (χ2v) is 12.1. The van der Waals surface area contributed by atoms with E-state index in [9.17, 15) is 14.7 Å². The van der Waals surface area contributed by atoms with E-state index in [4.69, 9.17) is 4.98 Å². The first-order valence-electron chi connectivity index (χ1n) is 15.3. The van der Waals surface area contributed by atoms with Crippen molar-refractivity contribution < 1.29 is 14.7 Å². The minimum atomic E-state index is -0.394. The molecule has 2 amide bonds. The van der Waals surface area contributed by atoms with E-state index in [2.05, 4.69) is 54.1 Å². The van der Waals surface area contributed by atoms with Gasteiger partial charge in [-0.15, -0.1) is 0 Å². The fourth-order valence-corrected chi connectivity index (χ4v) is 6.53. The fourth-order valence-electron chi connectivity index (χ4n) is 6.53. The highest BCUT2D eigenvalue weighted by Gasteiger charge is 2.26. The van der Waals surface area contributed by atoms with Crippen LogP contribution in [0.25, 0.3) is 21.8 Å². The first-order valence-corrected chi connectivity index (χ1v) is 15.3. The maximum Gasteiger partial charge on any atom is 0.256 e. The fraction of sp³-hybridized carbons (Fsp3) is 0.441. The predicted octanol–water partition coefficient (Wildman–Crippen LogP) is 5.26. The number of hydrogen-bond donors (Lipinski definition) is 2. The molecule has 0 spiro atoms. The number of amides is 2. The third-order valence-corrected chi connectivity index (χ3v) is 8.98. The Morgan fingerprint density at radius 1 is 1.12 bits per heavy atom. The van der Waals surface area contributed by atoms with Crippen molar-refractivity contribution in [3.05, 3.63) is 70.4 Å². The van der Waals surface area contributed by atoms with Crippen molar-refractivity contribution in [1.82, 2.24) is 19.8 Å². The maximum atomic E-state index is 14.4. The highest BCUT2D eigenvalue weighted by atomic mass is 16.3. The molecule has 4 aromatic rings. The lowest BCUT2D eigenvalue weighted by Gasteiger charge is -2.34. The smallest absolute Gasteiger partial charge is 0.256 e. The summed E-state index contributed by atoms with van der Waals surface area (Å²) >= 11 is 0. The van der Waals surface area contributed by atoms with Crippen LogP contribution in [0.4, 0.5) is 5.82 Å². The first-order chi connectivity index (χ1) is 20.3. The summed E-state index contributed by atoms with van der Waals surface area (Å²) in [7, 11) is 0. The summed E-state index contributed by atoms with van der Waals surface area (Å²) in [5.74, 6) is 1.00. The molecule has 220 valence electrons. The molecule has 2 saturated heterocycles. The molecule has 8 nitrogen and oxygen atoms in total. The topological polar surface area (TPSA) is 92.8 Å². The van der Waals surface area contributed by atoms with Crippen molar-refractivity contribution in [1.29, 1.82) is 0 Å². The normalized spacial score (nSPS) is 17.5. The van der Waals surface area contributed by atoms with Gasteiger partial charge in [-0.3, -0.25) is 9.59 Å². The van der Waals surface area contributed by atoms with Gasteiger partial charge in [0, 0.05) is 67.7 Å². The number of benzene rings is 2. The van der Waals surface area contributed by atoms with Gasteiger partial charge in [0.25, 0.3) is 5.91 Å². The van der Waals surface area contributed by atoms with Gasteiger partial charge in [0.05, 0.1) is 22.7 Å². The first kappa shape index (κ1) is 28.2. The summed E-state index contributed by atoms with van der Waals surface area (Å²) in [6.45, 7) is 9.88. The van der Waals surface area contributed by atoms with Gasteiger partial charge in [-0.25, -0.2) is 4.98 Å². The SMILES string of the molecule is Cc1ccc2cc(CN(CCCN3CCCC3=O)C(=O)c3cccc4c(C)c(C)[nH]c34)c(N3CCCC(O)C3)nc2c1. The number of nitrogens with zero attached hydrogens (tertiary/aromatic N) is 4. The zero-order valence-corrected chi connectivity index (χ0v) is 24.9. The number of carbonyl (C=O) groups excluding carboxylic acids is 2. The number of nitrogens with one attached hydrogen (secondary N) is 1. The largest absolute Gasteiger partial charge is 0.391 e. The zero-order chi connectivity index (χ0) is 29.4. The predicted molar refractivity (Wildman–Crippen MR) is 167 cm³/mol. The average molecular weight is 568 g/mol. The standard InChI is InChI=1S/C34H41N5O3/c1-22-12-13-25-19-26(33(36-30(25)18-22)38-15-5-8-27(40)21-38)20-39(17-7-16-37-14-6-11-31(37)41)34(42)29-10-4-9-28-23(2)24(3)35-32(28)29/h4,9-10,12-13,18-19,27,35,40H,5-8,11,14-17,20-21H2,1-3H3. The van der Waals surface area contributed by atoms with Crippen molar-refractivity contribution in [2.45, 2.75) is 65.5 Å². The molecule has 1 unspecified atom stereocenters. The van der Waals surface area contributed by atoms with Crippen LogP contribution in [-0.2, 0) is 11.3 Å². The van der Waals surface area contributed by atoms with E-state index >= 15 is 0 Å². The Balaban J connectivity index is 1.38. The molecule has 6 rings (SSSR count). The molecular weight excluding hydrogens is 526 g/mol. The molecule has 4 heterocycles. The number of β-amino-alcohol motifs (C(OH)–C–C–N with tert-alkyl or cyclic N) is 1. The number of likely N-dealkylation sites (tertiary alicyclic amines) is 1. The van der Waals surface area contributed by atoms with E-state index in [1.54, 1.807) is 0 Å². The monoisotopic (exact) mass is 567 g/mol. The molecule has 2 N–H and O–H groups in total. The Labute approximate surface area is 247 Å². The van der Waals surface area contributed by atoms with Crippen LogP contribution in [0.2, 0.25) is 0 Å². The Morgan fingerprint density at radius 3 is 2.76 bits per heavy atom. The van der Waals surface area contributed by atoms with Crippen molar-refractivity contribution >= 4 is 39.4 Å². The number of piperidine rings is 1. The third kappa shape index (κ3) is 5.60. The highest BCUT2D eigenvalue weighted by Crippen LogP contribution is 2.30. The minimum absolute atomic E-state index is 0.0387. The van der Waals surface area contributed by atoms with Gasteiger partial charge in [0.2, 0.25) is 5.91 Å². The van der Waals surface area contributed by atoms with Crippen molar-refractivity contribution in [3.8, 4) is 0 Å². The molecular formula is C34H41N5O3. The minimum Gasteiger partial charge on any atom is -0.391 e. The number of aromatic amines is 1. The van der Waals surface area contributed by atoms with Crippen LogP contribution in [-0.4, -0.2) is 75.5 Å². The van der Waals surface area contributed by atoms with Crippen LogP contribution in [0.5, 0.6) is 0 Å². The van der Waals surface area contributed by atoms with E-state index in [0.29, 0.717) is 44.6 Å². The van der Waals surface area contributed by atoms with Gasteiger partial charge in [0.15, 0.2) is 0 Å². The number of aryl methyl sites for hydroxylation is 3. The molecule has 8 heteroatoms. The van der Waals surface area contributed by atoms with E-state index in [-0.39, 0.29) is 11.8 Å². The Kier molecular flexibility index (Phi) is 7.90. The van der Waals surface area contributed by atoms with E-state index in [0.717, 1.165) is 82.4 Å². The summed E-state index contributed by atoms with van der Waals surface area (Å²) in [4.78, 5) is 41.2. The molecule has 2 aromatic heterocycles. The van der Waals surface area contributed by atoms with E-state index in [1.165, 1.54) is 0 Å². The van der Waals surface area contributed by atoms with Crippen LogP contribution < -0.4 is 4.90 Å². The molecule has 2 aromatic carbocycles. The Bertz CT molecular complexity index is 1640. The number of aromatic nitrogens is 2. The third-order valence-electron chi connectivity index (χ3n) is 8.98. The molecule has 0 bridgehead atoms. The molecule has 2 aliphatic rings. The highest BCUT2D eigenvalue weighted by molar-refractivity contribution is 6.06.